The van der Waals surface area contributed by atoms with Gasteiger partial charge >= 0.3 is 0 Å². The lowest BCUT2D eigenvalue weighted by Crippen LogP contribution is -1.95. The molecular weight excluding hydrogens is 190 g/mol. The van der Waals surface area contributed by atoms with Crippen molar-refractivity contribution in [3.05, 3.63) is 45.8 Å². The van der Waals surface area contributed by atoms with Crippen LogP contribution in [-0.2, 0) is 0 Å². The second-order valence-corrected chi connectivity index (χ2v) is 2.79. The van der Waals surface area contributed by atoms with Crippen molar-refractivity contribution < 1.29 is 4.79 Å². The minimum absolute atomic E-state index is 0.0244. The summed E-state index contributed by atoms with van der Waals surface area (Å²) in [6, 6.07) is 7.08. The van der Waals surface area contributed by atoms with E-state index in [4.69, 9.17) is 5.53 Å². The Morgan fingerprint density at radius 3 is 2.93 bits per heavy atom. The number of azide groups is 1. The summed E-state index contributed by atoms with van der Waals surface area (Å²) >= 11 is 0. The molecule has 0 atom stereocenters. The van der Waals surface area contributed by atoms with Crippen molar-refractivity contribution in [1.82, 2.24) is 0 Å². The first-order valence-corrected chi connectivity index (χ1v) is 4.35. The topological polar surface area (TPSA) is 65.8 Å². The van der Waals surface area contributed by atoms with E-state index in [0.29, 0.717) is 11.1 Å². The van der Waals surface area contributed by atoms with Gasteiger partial charge in [0.2, 0.25) is 0 Å². The number of hydrogen-bond donors (Lipinski definition) is 0. The van der Waals surface area contributed by atoms with Crippen LogP contribution in [0.3, 0.4) is 0 Å². The molecule has 0 amide bonds. The normalized spacial score (nSPS) is 8.33. The molecule has 0 aliphatic rings. The Bertz CT molecular complexity index is 476. The molecule has 1 rings (SSSR count). The lowest BCUT2D eigenvalue weighted by molar-refractivity contribution is 0.101. The predicted octanol–water partition coefficient (Wildman–Crippen LogP) is 2.55. The molecule has 0 saturated carbocycles. The first kappa shape index (κ1) is 10.8. The number of Topliss-reactive ketones (excluding diaryl/α,β-unsaturated/α-hetero) is 1. The molecule has 0 radical (unpaired) electrons. The van der Waals surface area contributed by atoms with E-state index in [2.05, 4.69) is 21.9 Å². The molecule has 0 aromatic heterocycles. The Morgan fingerprint density at radius 2 is 2.27 bits per heavy atom. The fourth-order valence-electron chi connectivity index (χ4n) is 1.10. The Balaban J connectivity index is 2.96. The summed E-state index contributed by atoms with van der Waals surface area (Å²) in [7, 11) is 0. The van der Waals surface area contributed by atoms with Crippen LogP contribution in [-0.4, -0.2) is 12.3 Å². The number of ketones is 1. The van der Waals surface area contributed by atoms with Crippen LogP contribution in [0.4, 0.5) is 0 Å². The van der Waals surface area contributed by atoms with Crippen molar-refractivity contribution in [2.75, 3.05) is 6.54 Å². The van der Waals surface area contributed by atoms with Crippen LogP contribution in [0.15, 0.2) is 29.4 Å². The van der Waals surface area contributed by atoms with Gasteiger partial charge in [0.1, 0.15) is 0 Å². The molecule has 0 N–H and O–H groups in total. The zero-order valence-corrected chi connectivity index (χ0v) is 8.27. The maximum atomic E-state index is 11.2. The van der Waals surface area contributed by atoms with E-state index in [0.717, 1.165) is 0 Å². The molecule has 0 bridgehead atoms. The third-order valence-electron chi connectivity index (χ3n) is 1.74. The fraction of sp³-hybridized carbons (Fsp3) is 0.182. The lowest BCUT2D eigenvalue weighted by atomic mass is 10.1. The molecule has 0 unspecified atom stereocenters. The predicted molar refractivity (Wildman–Crippen MR) is 57.3 cm³/mol. The number of rotatable bonds is 2. The highest BCUT2D eigenvalue weighted by atomic mass is 16.1. The molecule has 0 aliphatic carbocycles. The van der Waals surface area contributed by atoms with Crippen LogP contribution in [0.5, 0.6) is 0 Å². The van der Waals surface area contributed by atoms with E-state index in [-0.39, 0.29) is 12.3 Å². The molecule has 0 spiro atoms. The van der Waals surface area contributed by atoms with Gasteiger partial charge in [0.05, 0.1) is 6.54 Å². The third-order valence-corrected chi connectivity index (χ3v) is 1.74. The fourth-order valence-corrected chi connectivity index (χ4v) is 1.10. The lowest BCUT2D eigenvalue weighted by Gasteiger charge is -1.97. The van der Waals surface area contributed by atoms with Crippen LogP contribution in [0.25, 0.3) is 10.4 Å². The van der Waals surface area contributed by atoms with Crippen LogP contribution in [0.2, 0.25) is 0 Å². The van der Waals surface area contributed by atoms with Crippen molar-refractivity contribution in [3.8, 4) is 11.8 Å². The zero-order chi connectivity index (χ0) is 11.1. The van der Waals surface area contributed by atoms with Gasteiger partial charge in [-0.05, 0) is 18.5 Å². The average Bonchev–Trinajstić information content (AvgIpc) is 2.25. The zero-order valence-electron chi connectivity index (χ0n) is 8.27. The first-order valence-electron chi connectivity index (χ1n) is 4.35. The number of benzene rings is 1. The molecule has 74 valence electrons. The van der Waals surface area contributed by atoms with E-state index in [1.54, 1.807) is 18.2 Å². The standard InChI is InChI=1S/C11H9N3O/c1-9(15)11-7-3-2-5-10(11)6-4-8-13-14-12/h2-3,5,7H,8H2,1H3. The van der Waals surface area contributed by atoms with E-state index >= 15 is 0 Å². The van der Waals surface area contributed by atoms with Crippen molar-refractivity contribution in [1.29, 1.82) is 0 Å². The Kier molecular flexibility index (Phi) is 3.96. The largest absolute Gasteiger partial charge is 0.294 e. The molecule has 1 aromatic carbocycles. The van der Waals surface area contributed by atoms with Gasteiger partial charge in [-0.3, -0.25) is 4.79 Å². The highest BCUT2D eigenvalue weighted by Gasteiger charge is 2.02. The first-order chi connectivity index (χ1) is 7.25. The van der Waals surface area contributed by atoms with Crippen LogP contribution >= 0.6 is 0 Å². The molecule has 0 saturated heterocycles. The smallest absolute Gasteiger partial charge is 0.161 e. The number of hydrogen-bond acceptors (Lipinski definition) is 2. The summed E-state index contributed by atoms with van der Waals surface area (Å²) in [5.41, 5.74) is 9.30. The van der Waals surface area contributed by atoms with Gasteiger partial charge < -0.3 is 0 Å². The molecule has 1 aromatic rings. The minimum Gasteiger partial charge on any atom is -0.294 e. The van der Waals surface area contributed by atoms with E-state index in [9.17, 15) is 4.79 Å². The molecule has 15 heavy (non-hydrogen) atoms. The monoisotopic (exact) mass is 199 g/mol. The van der Waals surface area contributed by atoms with Crippen molar-refractivity contribution in [2.24, 2.45) is 5.11 Å². The summed E-state index contributed by atoms with van der Waals surface area (Å²) in [4.78, 5) is 13.8. The maximum Gasteiger partial charge on any atom is 0.161 e. The molecule has 0 aliphatic heterocycles. The van der Waals surface area contributed by atoms with Crippen molar-refractivity contribution in [3.63, 3.8) is 0 Å². The van der Waals surface area contributed by atoms with Gasteiger partial charge in [-0.2, -0.15) is 0 Å². The SMILES string of the molecule is CC(=O)c1ccccc1C#CCN=[N+]=[N-]. The molecule has 4 heteroatoms. The third kappa shape index (κ3) is 3.18. The molecule has 4 nitrogen and oxygen atoms in total. The molecule has 0 heterocycles. The highest BCUT2D eigenvalue weighted by Crippen LogP contribution is 2.07. The number of carbonyl (C=O) groups excluding carboxylic acids is 1. The van der Waals surface area contributed by atoms with E-state index in [1.807, 2.05) is 6.07 Å². The summed E-state index contributed by atoms with van der Waals surface area (Å²) in [6.45, 7) is 1.61. The Hall–Kier alpha value is -2.24. The van der Waals surface area contributed by atoms with Crippen LogP contribution < -0.4 is 0 Å². The highest BCUT2D eigenvalue weighted by molar-refractivity contribution is 5.96. The second kappa shape index (κ2) is 5.48. The number of carbonyl (C=O) groups is 1. The van der Waals surface area contributed by atoms with Gasteiger partial charge in [-0.15, -0.1) is 0 Å². The van der Waals surface area contributed by atoms with E-state index < -0.39 is 0 Å². The Labute approximate surface area is 87.6 Å². The molecular formula is C11H9N3O. The second-order valence-electron chi connectivity index (χ2n) is 2.79. The van der Waals surface area contributed by atoms with Crippen LogP contribution in [0, 0.1) is 11.8 Å². The molecule has 0 fully saturated rings. The van der Waals surface area contributed by atoms with Crippen LogP contribution in [0.1, 0.15) is 22.8 Å². The van der Waals surface area contributed by atoms with Gasteiger partial charge in [-0.1, -0.05) is 35.2 Å². The Morgan fingerprint density at radius 1 is 1.53 bits per heavy atom. The van der Waals surface area contributed by atoms with E-state index in [1.165, 1.54) is 6.92 Å². The summed E-state index contributed by atoms with van der Waals surface area (Å²) < 4.78 is 0. The maximum absolute atomic E-state index is 11.2. The quantitative estimate of drug-likeness (QED) is 0.237. The number of nitrogens with zero attached hydrogens (tertiary/aromatic N) is 3. The summed E-state index contributed by atoms with van der Waals surface area (Å²) in [5.74, 6) is 5.44. The van der Waals surface area contributed by atoms with Gasteiger partial charge in [0, 0.05) is 16.0 Å². The van der Waals surface area contributed by atoms with Crippen molar-refractivity contribution >= 4 is 5.78 Å². The van der Waals surface area contributed by atoms with Gasteiger partial charge in [0.25, 0.3) is 0 Å². The van der Waals surface area contributed by atoms with Gasteiger partial charge in [-0.25, -0.2) is 0 Å². The summed E-state index contributed by atoms with van der Waals surface area (Å²) in [6.07, 6.45) is 0. The summed E-state index contributed by atoms with van der Waals surface area (Å²) in [5, 5.41) is 3.28. The van der Waals surface area contributed by atoms with Gasteiger partial charge in [0.15, 0.2) is 5.78 Å². The van der Waals surface area contributed by atoms with Crippen molar-refractivity contribution in [2.45, 2.75) is 6.92 Å². The minimum atomic E-state index is -0.0244. The average molecular weight is 199 g/mol.